The van der Waals surface area contributed by atoms with Gasteiger partial charge in [0.1, 0.15) is 19.0 Å². The molecule has 1 amide bonds. The van der Waals surface area contributed by atoms with Gasteiger partial charge in [-0.05, 0) is 64.3 Å². The molecule has 2 aromatic rings. The molecule has 11 heteroatoms. The van der Waals surface area contributed by atoms with Gasteiger partial charge in [-0.2, -0.15) is 5.10 Å². The first-order valence-electron chi connectivity index (χ1n) is 8.75. The van der Waals surface area contributed by atoms with Gasteiger partial charge in [-0.3, -0.25) is 4.79 Å². The van der Waals surface area contributed by atoms with E-state index in [0.717, 1.165) is 5.56 Å². The van der Waals surface area contributed by atoms with Crippen LogP contribution in [0.2, 0.25) is 0 Å². The molecule has 0 aromatic heterocycles. The lowest BCUT2D eigenvalue weighted by Crippen LogP contribution is -2.30. The van der Waals surface area contributed by atoms with Crippen LogP contribution in [-0.4, -0.2) is 43.9 Å². The number of nitrogens with zero attached hydrogens (tertiary/aromatic N) is 1. The molecule has 0 saturated heterocycles. The molecule has 1 N–H and O–H groups in total. The summed E-state index contributed by atoms with van der Waals surface area (Å²) in [6.45, 7) is 0.134. The highest BCUT2D eigenvalue weighted by Crippen LogP contribution is 2.28. The summed E-state index contributed by atoms with van der Waals surface area (Å²) in [5.41, 5.74) is 3.73. The number of nitrogens with one attached hydrogen (secondary N) is 1. The summed E-state index contributed by atoms with van der Waals surface area (Å²) < 4.78 is 16.1. The third kappa shape index (κ3) is 8.34. The third-order valence-corrected chi connectivity index (χ3v) is 4.13. The largest absolute Gasteiger partial charge is 0.546 e. The van der Waals surface area contributed by atoms with E-state index in [1.807, 2.05) is 19.1 Å². The highest BCUT2D eigenvalue weighted by atomic mass is 79.9. The van der Waals surface area contributed by atoms with Crippen molar-refractivity contribution in [3.8, 4) is 17.2 Å². The summed E-state index contributed by atoms with van der Waals surface area (Å²) in [5, 5.41) is 24.9. The zero-order chi connectivity index (χ0) is 22.8. The minimum Gasteiger partial charge on any atom is -0.546 e. The number of carboxylic acid groups (broad SMARTS) is 2. The molecule has 0 unspecified atom stereocenters. The van der Waals surface area contributed by atoms with Gasteiger partial charge in [0.25, 0.3) is 5.91 Å². The highest BCUT2D eigenvalue weighted by molar-refractivity contribution is 9.10. The SMILES string of the molecule is Cc1ccc(OCC(=O)NN=Cc2ccc(OCC(=O)[O-])c(OCC(=O)[O-])c2)c(Br)c1. The van der Waals surface area contributed by atoms with Crippen LogP contribution in [0.4, 0.5) is 0 Å². The van der Waals surface area contributed by atoms with Crippen molar-refractivity contribution < 1.29 is 38.8 Å². The molecule has 0 atom stereocenters. The summed E-state index contributed by atoms with van der Waals surface area (Å²) >= 11 is 3.35. The number of rotatable bonds is 11. The van der Waals surface area contributed by atoms with Crippen LogP contribution in [0.25, 0.3) is 0 Å². The van der Waals surface area contributed by atoms with E-state index in [-0.39, 0.29) is 18.1 Å². The number of carboxylic acids is 2. The number of hydrogen-bond donors (Lipinski definition) is 1. The number of carbonyl (C=O) groups is 3. The lowest BCUT2D eigenvalue weighted by Gasteiger charge is -2.14. The number of ether oxygens (including phenoxy) is 3. The Balaban J connectivity index is 1.96. The standard InChI is InChI=1S/C20H19BrN2O8/c1-12-2-4-15(14(21)6-12)29-9-18(24)23-22-8-13-3-5-16(30-10-19(25)26)17(7-13)31-11-20(27)28/h2-8H,9-11H2,1H3,(H,23,24)(H,25,26)(H,27,28)/p-2. The molecule has 0 aliphatic carbocycles. The van der Waals surface area contributed by atoms with Crippen molar-refractivity contribution in [3.63, 3.8) is 0 Å². The van der Waals surface area contributed by atoms with Gasteiger partial charge in [0.2, 0.25) is 0 Å². The second-order valence-electron chi connectivity index (χ2n) is 6.04. The monoisotopic (exact) mass is 492 g/mol. The number of carbonyl (C=O) groups excluding carboxylic acids is 3. The first-order chi connectivity index (χ1) is 14.7. The second-order valence-corrected chi connectivity index (χ2v) is 6.90. The van der Waals surface area contributed by atoms with E-state index in [1.165, 1.54) is 24.4 Å². The van der Waals surface area contributed by atoms with Crippen LogP contribution < -0.4 is 29.8 Å². The van der Waals surface area contributed by atoms with Crippen molar-refractivity contribution in [2.75, 3.05) is 19.8 Å². The van der Waals surface area contributed by atoms with Gasteiger partial charge in [-0.1, -0.05) is 6.07 Å². The molecular weight excluding hydrogens is 476 g/mol. The third-order valence-electron chi connectivity index (χ3n) is 3.51. The first-order valence-corrected chi connectivity index (χ1v) is 9.54. The Bertz CT molecular complexity index is 993. The van der Waals surface area contributed by atoms with Gasteiger partial charge in [0.15, 0.2) is 18.1 Å². The van der Waals surface area contributed by atoms with Crippen LogP contribution >= 0.6 is 15.9 Å². The van der Waals surface area contributed by atoms with Crippen LogP contribution in [0, 0.1) is 6.92 Å². The fourth-order valence-corrected chi connectivity index (χ4v) is 2.80. The number of hydrogen-bond acceptors (Lipinski definition) is 9. The Morgan fingerprint density at radius 1 is 0.935 bits per heavy atom. The molecule has 0 aliphatic rings. The quantitative estimate of drug-likeness (QED) is 0.327. The van der Waals surface area contributed by atoms with Crippen molar-refractivity contribution in [1.82, 2.24) is 5.43 Å². The van der Waals surface area contributed by atoms with Gasteiger partial charge in [0.05, 0.1) is 22.6 Å². The molecule has 2 rings (SSSR count). The van der Waals surface area contributed by atoms with Crippen LogP contribution in [0.5, 0.6) is 17.2 Å². The molecule has 0 bridgehead atoms. The first kappa shape index (κ1) is 23.7. The van der Waals surface area contributed by atoms with Crippen molar-refractivity contribution in [2.24, 2.45) is 5.10 Å². The Morgan fingerprint density at radius 2 is 1.55 bits per heavy atom. The molecule has 0 spiro atoms. The predicted octanol–water partition coefficient (Wildman–Crippen LogP) is -0.456. The maximum absolute atomic E-state index is 11.9. The highest BCUT2D eigenvalue weighted by Gasteiger charge is 2.08. The van der Waals surface area contributed by atoms with E-state index in [1.54, 1.807) is 6.07 Å². The van der Waals surface area contributed by atoms with E-state index in [2.05, 4.69) is 26.5 Å². The van der Waals surface area contributed by atoms with Gasteiger partial charge >= 0.3 is 0 Å². The van der Waals surface area contributed by atoms with Gasteiger partial charge in [-0.25, -0.2) is 5.43 Å². The van der Waals surface area contributed by atoms with Gasteiger partial charge in [-0.15, -0.1) is 0 Å². The van der Waals surface area contributed by atoms with Crippen LogP contribution in [0.3, 0.4) is 0 Å². The molecule has 0 heterocycles. The van der Waals surface area contributed by atoms with Crippen molar-refractivity contribution in [3.05, 3.63) is 52.0 Å². The number of amides is 1. The molecule has 0 saturated carbocycles. The van der Waals surface area contributed by atoms with E-state index >= 15 is 0 Å². The Hall–Kier alpha value is -3.60. The molecule has 2 aromatic carbocycles. The molecule has 0 radical (unpaired) electrons. The normalized spacial score (nSPS) is 10.5. The number of aliphatic carboxylic acids is 2. The summed E-state index contributed by atoms with van der Waals surface area (Å²) in [6, 6.07) is 9.63. The number of halogens is 1. The van der Waals surface area contributed by atoms with Crippen LogP contribution in [0.1, 0.15) is 11.1 Å². The lowest BCUT2D eigenvalue weighted by atomic mass is 10.2. The maximum atomic E-state index is 11.9. The van der Waals surface area contributed by atoms with Crippen LogP contribution in [0.15, 0.2) is 46.0 Å². The minimum atomic E-state index is -1.47. The van der Waals surface area contributed by atoms with E-state index in [9.17, 15) is 24.6 Å². The number of hydrazone groups is 1. The van der Waals surface area contributed by atoms with E-state index in [0.29, 0.717) is 15.8 Å². The summed E-state index contributed by atoms with van der Waals surface area (Å²) in [4.78, 5) is 33.0. The van der Waals surface area contributed by atoms with Crippen molar-refractivity contribution in [1.29, 1.82) is 0 Å². The van der Waals surface area contributed by atoms with E-state index < -0.39 is 31.1 Å². The zero-order valence-electron chi connectivity index (χ0n) is 16.3. The fraction of sp³-hybridized carbons (Fsp3) is 0.200. The second kappa shape index (κ2) is 11.6. The minimum absolute atomic E-state index is 0.0105. The Labute approximate surface area is 185 Å². The summed E-state index contributed by atoms with van der Waals surface area (Å²) in [6.07, 6.45) is 1.27. The molecule has 0 fully saturated rings. The number of aryl methyl sites for hydroxylation is 1. The maximum Gasteiger partial charge on any atom is 0.277 e. The smallest absolute Gasteiger partial charge is 0.277 e. The molecule has 164 valence electrons. The summed E-state index contributed by atoms with van der Waals surface area (Å²) in [7, 11) is 0. The number of benzene rings is 2. The van der Waals surface area contributed by atoms with Crippen molar-refractivity contribution in [2.45, 2.75) is 6.92 Å². The van der Waals surface area contributed by atoms with Crippen molar-refractivity contribution >= 4 is 40.0 Å². The molecular formula is C20H17BrN2O8-2. The van der Waals surface area contributed by atoms with Gasteiger partial charge in [0, 0.05) is 0 Å². The Kier molecular flexibility index (Phi) is 8.82. The van der Waals surface area contributed by atoms with E-state index in [4.69, 9.17) is 14.2 Å². The van der Waals surface area contributed by atoms with Gasteiger partial charge < -0.3 is 34.0 Å². The summed E-state index contributed by atoms with van der Waals surface area (Å²) in [5.74, 6) is -2.99. The fourth-order valence-electron chi connectivity index (χ4n) is 2.19. The van der Waals surface area contributed by atoms with Crippen LogP contribution in [-0.2, 0) is 14.4 Å². The molecule has 0 aliphatic heterocycles. The molecule has 10 nitrogen and oxygen atoms in total. The average Bonchev–Trinajstić information content (AvgIpc) is 2.70. The Morgan fingerprint density at radius 3 is 2.19 bits per heavy atom. The predicted molar refractivity (Wildman–Crippen MR) is 108 cm³/mol. The average molecular weight is 493 g/mol. The molecule has 31 heavy (non-hydrogen) atoms. The topological polar surface area (TPSA) is 149 Å². The zero-order valence-corrected chi connectivity index (χ0v) is 17.8. The lowest BCUT2D eigenvalue weighted by molar-refractivity contribution is -0.309.